The van der Waals surface area contributed by atoms with Crippen LogP contribution in [0, 0.1) is 17.8 Å². The molecule has 4 rings (SSSR count). The van der Waals surface area contributed by atoms with Crippen molar-refractivity contribution < 1.29 is 4.79 Å². The smallest absolute Gasteiger partial charge is 0.220 e. The van der Waals surface area contributed by atoms with Crippen LogP contribution in [0.25, 0.3) is 0 Å². The van der Waals surface area contributed by atoms with Gasteiger partial charge in [0.2, 0.25) is 5.91 Å². The van der Waals surface area contributed by atoms with Crippen LogP contribution < -0.4 is 10.6 Å². The van der Waals surface area contributed by atoms with E-state index in [0.717, 1.165) is 30.7 Å². The second-order valence-corrected chi connectivity index (χ2v) is 6.95. The zero-order valence-electron chi connectivity index (χ0n) is 11.9. The molecule has 4 heteroatoms. The molecule has 0 heterocycles. The molecule has 4 saturated carbocycles. The average molecular weight is 287 g/mol. The van der Waals surface area contributed by atoms with Crippen molar-refractivity contribution in [2.75, 3.05) is 13.6 Å². The van der Waals surface area contributed by atoms with Crippen LogP contribution in [0.5, 0.6) is 0 Å². The molecule has 4 bridgehead atoms. The van der Waals surface area contributed by atoms with Gasteiger partial charge in [0, 0.05) is 12.0 Å². The minimum Gasteiger partial charge on any atom is -0.351 e. The van der Waals surface area contributed by atoms with Crippen molar-refractivity contribution in [1.29, 1.82) is 0 Å². The second kappa shape index (κ2) is 6.01. The highest BCUT2D eigenvalue weighted by Gasteiger charge is 2.51. The highest BCUT2D eigenvalue weighted by Crippen LogP contribution is 2.55. The normalized spacial score (nSPS) is 38.9. The summed E-state index contributed by atoms with van der Waals surface area (Å²) in [5.41, 5.74) is 0.200. The van der Waals surface area contributed by atoms with E-state index in [1.807, 2.05) is 7.05 Å². The van der Waals surface area contributed by atoms with Gasteiger partial charge in [0.05, 0.1) is 0 Å². The lowest BCUT2D eigenvalue weighted by atomic mass is 9.53. The summed E-state index contributed by atoms with van der Waals surface area (Å²) in [6.45, 7) is 0.939. The van der Waals surface area contributed by atoms with Gasteiger partial charge in [0.1, 0.15) is 0 Å². The molecule has 0 aliphatic heterocycles. The van der Waals surface area contributed by atoms with Crippen LogP contribution in [0.1, 0.15) is 51.4 Å². The molecule has 0 atom stereocenters. The Balaban J connectivity index is 0.00000133. The number of hydrogen-bond donors (Lipinski definition) is 2. The summed E-state index contributed by atoms with van der Waals surface area (Å²) in [6, 6.07) is 0. The van der Waals surface area contributed by atoms with E-state index in [1.165, 1.54) is 38.5 Å². The molecule has 4 aliphatic rings. The first-order valence-corrected chi connectivity index (χ1v) is 7.65. The molecule has 1 amide bonds. The molecule has 19 heavy (non-hydrogen) atoms. The highest BCUT2D eigenvalue weighted by molar-refractivity contribution is 5.85. The molecule has 3 nitrogen and oxygen atoms in total. The van der Waals surface area contributed by atoms with Gasteiger partial charge in [0.15, 0.2) is 0 Å². The molecule has 0 aromatic rings. The topological polar surface area (TPSA) is 41.1 Å². The highest BCUT2D eigenvalue weighted by atomic mass is 35.5. The SMILES string of the molecule is CNCCCC(=O)NC12CC3CC(CC(C3)C1)C2.Cl. The Morgan fingerprint density at radius 2 is 1.63 bits per heavy atom. The lowest BCUT2D eigenvalue weighted by Gasteiger charge is -2.56. The largest absolute Gasteiger partial charge is 0.351 e. The van der Waals surface area contributed by atoms with Crippen molar-refractivity contribution in [2.45, 2.75) is 56.9 Å². The van der Waals surface area contributed by atoms with Crippen LogP contribution in [0.3, 0.4) is 0 Å². The third kappa shape index (κ3) is 3.25. The molecule has 0 unspecified atom stereocenters. The number of carbonyl (C=O) groups excluding carboxylic acids is 1. The van der Waals surface area contributed by atoms with E-state index in [1.54, 1.807) is 0 Å². The zero-order valence-corrected chi connectivity index (χ0v) is 12.7. The van der Waals surface area contributed by atoms with Gasteiger partial charge in [-0.05, 0) is 76.3 Å². The van der Waals surface area contributed by atoms with Gasteiger partial charge in [-0.3, -0.25) is 4.79 Å². The molecule has 110 valence electrons. The molecule has 0 spiro atoms. The lowest BCUT2D eigenvalue weighted by Crippen LogP contribution is -2.59. The first kappa shape index (κ1) is 15.1. The Labute approximate surface area is 122 Å². The van der Waals surface area contributed by atoms with Crippen molar-refractivity contribution >= 4 is 18.3 Å². The third-order valence-electron chi connectivity index (χ3n) is 5.27. The lowest BCUT2D eigenvalue weighted by molar-refractivity contribution is -0.126. The van der Waals surface area contributed by atoms with Crippen molar-refractivity contribution in [3.05, 3.63) is 0 Å². The number of nitrogens with one attached hydrogen (secondary N) is 2. The van der Waals surface area contributed by atoms with Crippen LogP contribution in [0.2, 0.25) is 0 Å². The Bertz CT molecular complexity index is 297. The standard InChI is InChI=1S/C15H26N2O.ClH/c1-16-4-2-3-14(18)17-15-8-11-5-12(9-15)7-13(6-11)10-15;/h11-13,16H,2-10H2,1H3,(H,17,18);1H. The van der Waals surface area contributed by atoms with E-state index < -0.39 is 0 Å². The molecule has 0 aromatic carbocycles. The Hall–Kier alpha value is -0.280. The van der Waals surface area contributed by atoms with Gasteiger partial charge in [-0.1, -0.05) is 0 Å². The number of rotatable bonds is 5. The molecule has 0 saturated heterocycles. The molecular weight excluding hydrogens is 260 g/mol. The number of amides is 1. The Morgan fingerprint density at radius 3 is 2.11 bits per heavy atom. The van der Waals surface area contributed by atoms with Crippen LogP contribution in [-0.2, 0) is 4.79 Å². The fraction of sp³-hybridized carbons (Fsp3) is 0.933. The summed E-state index contributed by atoms with van der Waals surface area (Å²) in [7, 11) is 1.94. The van der Waals surface area contributed by atoms with Crippen molar-refractivity contribution in [2.24, 2.45) is 17.8 Å². The van der Waals surface area contributed by atoms with Crippen LogP contribution >= 0.6 is 12.4 Å². The van der Waals surface area contributed by atoms with E-state index in [9.17, 15) is 4.79 Å². The molecule has 0 radical (unpaired) electrons. The number of carbonyl (C=O) groups is 1. The maximum atomic E-state index is 12.1. The van der Waals surface area contributed by atoms with Gasteiger partial charge in [-0.2, -0.15) is 0 Å². The quantitative estimate of drug-likeness (QED) is 0.763. The average Bonchev–Trinajstić information content (AvgIpc) is 2.26. The first-order valence-electron chi connectivity index (χ1n) is 7.65. The van der Waals surface area contributed by atoms with Crippen molar-refractivity contribution in [3.8, 4) is 0 Å². The minimum absolute atomic E-state index is 0. The molecule has 0 aromatic heterocycles. The first-order chi connectivity index (χ1) is 8.69. The van der Waals surface area contributed by atoms with E-state index in [2.05, 4.69) is 10.6 Å². The predicted molar refractivity (Wildman–Crippen MR) is 79.5 cm³/mol. The number of hydrogen-bond acceptors (Lipinski definition) is 2. The van der Waals surface area contributed by atoms with Gasteiger partial charge >= 0.3 is 0 Å². The summed E-state index contributed by atoms with van der Waals surface area (Å²) in [4.78, 5) is 12.1. The minimum atomic E-state index is 0. The Morgan fingerprint density at radius 1 is 1.11 bits per heavy atom. The maximum Gasteiger partial charge on any atom is 0.220 e. The van der Waals surface area contributed by atoms with E-state index in [-0.39, 0.29) is 23.9 Å². The van der Waals surface area contributed by atoms with Crippen LogP contribution in [-0.4, -0.2) is 25.0 Å². The fourth-order valence-electron chi connectivity index (χ4n) is 5.05. The molecule has 4 aliphatic carbocycles. The Kier molecular flexibility index (Phi) is 4.78. The second-order valence-electron chi connectivity index (χ2n) is 6.95. The summed E-state index contributed by atoms with van der Waals surface area (Å²) >= 11 is 0. The summed E-state index contributed by atoms with van der Waals surface area (Å²) in [6.07, 6.45) is 9.74. The van der Waals surface area contributed by atoms with Gasteiger partial charge in [-0.15, -0.1) is 12.4 Å². The van der Waals surface area contributed by atoms with Gasteiger partial charge in [0.25, 0.3) is 0 Å². The summed E-state index contributed by atoms with van der Waals surface area (Å²) in [5.74, 6) is 3.02. The monoisotopic (exact) mass is 286 g/mol. The third-order valence-corrected chi connectivity index (χ3v) is 5.27. The summed E-state index contributed by atoms with van der Waals surface area (Å²) < 4.78 is 0. The van der Waals surface area contributed by atoms with E-state index in [4.69, 9.17) is 0 Å². The molecule has 4 fully saturated rings. The predicted octanol–water partition coefficient (Wildman–Crippen LogP) is 2.49. The van der Waals surface area contributed by atoms with Crippen LogP contribution in [0.4, 0.5) is 0 Å². The van der Waals surface area contributed by atoms with Gasteiger partial charge in [-0.25, -0.2) is 0 Å². The van der Waals surface area contributed by atoms with Crippen molar-refractivity contribution in [3.63, 3.8) is 0 Å². The summed E-state index contributed by atoms with van der Waals surface area (Å²) in [5, 5.41) is 6.52. The number of halogens is 1. The molecule has 2 N–H and O–H groups in total. The fourth-order valence-corrected chi connectivity index (χ4v) is 5.05. The zero-order chi connectivity index (χ0) is 12.6. The van der Waals surface area contributed by atoms with E-state index in [0.29, 0.717) is 6.42 Å². The maximum absolute atomic E-state index is 12.1. The molecular formula is C15H27ClN2O. The van der Waals surface area contributed by atoms with E-state index >= 15 is 0 Å². The van der Waals surface area contributed by atoms with Crippen LogP contribution in [0.15, 0.2) is 0 Å². The van der Waals surface area contributed by atoms with Gasteiger partial charge < -0.3 is 10.6 Å². The van der Waals surface area contributed by atoms with Crippen molar-refractivity contribution in [1.82, 2.24) is 10.6 Å².